The third-order valence-corrected chi connectivity index (χ3v) is 9.09. The van der Waals surface area contributed by atoms with Gasteiger partial charge in [0.1, 0.15) is 0 Å². The highest BCUT2D eigenvalue weighted by Gasteiger charge is 2.18. The molecule has 0 aromatic heterocycles. The van der Waals surface area contributed by atoms with Gasteiger partial charge in [0.25, 0.3) is 0 Å². The summed E-state index contributed by atoms with van der Waals surface area (Å²) < 4.78 is 0. The van der Waals surface area contributed by atoms with Gasteiger partial charge in [-0.25, -0.2) is 0 Å². The summed E-state index contributed by atoms with van der Waals surface area (Å²) in [5.41, 5.74) is 10.5. The van der Waals surface area contributed by atoms with Gasteiger partial charge in [-0.2, -0.15) is 0 Å². The maximum absolute atomic E-state index is 6.57. The molecular weight excluding hydrogens is 500 g/mol. The minimum Gasteiger partial charge on any atom is -0.0895 e. The predicted molar refractivity (Wildman–Crippen MR) is 162 cm³/mol. The number of benzene rings is 6. The highest BCUT2D eigenvalue weighted by Crippen LogP contribution is 2.41. The first kappa shape index (κ1) is 23.3. The molecule has 0 nitrogen and oxygen atoms in total. The van der Waals surface area contributed by atoms with Crippen molar-refractivity contribution in [1.29, 1.82) is 0 Å². The van der Waals surface area contributed by atoms with Crippen LogP contribution in [0.2, 0.25) is 5.02 Å². The van der Waals surface area contributed by atoms with E-state index < -0.39 is 0 Å². The lowest BCUT2D eigenvalue weighted by atomic mass is 9.87. The topological polar surface area (TPSA) is 0 Å². The van der Waals surface area contributed by atoms with Crippen molar-refractivity contribution >= 4 is 34.1 Å². The van der Waals surface area contributed by atoms with E-state index in [0.29, 0.717) is 0 Å². The van der Waals surface area contributed by atoms with Gasteiger partial charge in [0.15, 0.2) is 0 Å². The van der Waals surface area contributed by atoms with Crippen molar-refractivity contribution < 1.29 is 0 Å². The summed E-state index contributed by atoms with van der Waals surface area (Å²) in [5, 5.41) is 3.06. The van der Waals surface area contributed by atoms with Gasteiger partial charge < -0.3 is 0 Å². The molecule has 0 saturated heterocycles. The smallest absolute Gasteiger partial charge is 0.0484 e. The Morgan fingerprint density at radius 1 is 0.447 bits per heavy atom. The number of rotatable bonds is 1. The van der Waals surface area contributed by atoms with Gasteiger partial charge in [-0.15, -0.1) is 0 Å². The third kappa shape index (κ3) is 4.22. The zero-order chi connectivity index (χ0) is 25.5. The summed E-state index contributed by atoms with van der Waals surface area (Å²) in [5.74, 6) is 0. The Morgan fingerprint density at radius 2 is 1.03 bits per heavy atom. The first-order valence-electron chi connectivity index (χ1n) is 13.0. The fourth-order valence-electron chi connectivity index (χ4n) is 5.63. The summed E-state index contributed by atoms with van der Waals surface area (Å²) in [6.07, 6.45) is 1.78. The van der Waals surface area contributed by atoms with Gasteiger partial charge in [0, 0.05) is 20.2 Å². The highest BCUT2D eigenvalue weighted by molar-refractivity contribution is 7.99. The molecule has 0 atom stereocenters. The standard InChI is InChI=1S/C36H25ClS/c37-34-20-19-30(31-13-5-6-14-32(31)34)26-18-17-25-22-28-11-3-8-16-36(28)38-35-15-7-2-10-27(35)21-24-9-1-4-12-29(24)33(25)23-26/h1-20,23H,21-22H2. The number of hydrogen-bond donors (Lipinski definition) is 0. The summed E-state index contributed by atoms with van der Waals surface area (Å²) in [6, 6.07) is 46.2. The van der Waals surface area contributed by atoms with Crippen molar-refractivity contribution in [2.24, 2.45) is 0 Å². The number of hydrogen-bond acceptors (Lipinski definition) is 1. The Balaban J connectivity index is 1.48. The lowest BCUT2D eigenvalue weighted by Gasteiger charge is -2.17. The molecule has 0 fully saturated rings. The zero-order valence-corrected chi connectivity index (χ0v) is 22.4. The molecule has 0 amide bonds. The fraction of sp³-hybridized carbons (Fsp3) is 0.0556. The highest BCUT2D eigenvalue weighted by atomic mass is 35.5. The maximum atomic E-state index is 6.57. The van der Waals surface area contributed by atoms with Crippen LogP contribution >= 0.6 is 23.4 Å². The van der Waals surface area contributed by atoms with E-state index in [2.05, 4.69) is 121 Å². The molecule has 0 bridgehead atoms. The van der Waals surface area contributed by atoms with Crippen LogP contribution in [0.5, 0.6) is 0 Å². The van der Waals surface area contributed by atoms with E-state index in [1.807, 2.05) is 17.8 Å². The van der Waals surface area contributed by atoms with Crippen molar-refractivity contribution in [1.82, 2.24) is 0 Å². The average molecular weight is 525 g/mol. The molecule has 2 heteroatoms. The van der Waals surface area contributed by atoms with E-state index in [-0.39, 0.29) is 0 Å². The van der Waals surface area contributed by atoms with Crippen LogP contribution < -0.4 is 0 Å². The molecule has 182 valence electrons. The molecular formula is C36H25ClS. The van der Waals surface area contributed by atoms with Gasteiger partial charge in [-0.1, -0.05) is 126 Å². The molecule has 38 heavy (non-hydrogen) atoms. The molecule has 1 heterocycles. The minimum atomic E-state index is 0.790. The van der Waals surface area contributed by atoms with Crippen LogP contribution in [-0.4, -0.2) is 0 Å². The molecule has 0 N–H and O–H groups in total. The molecule has 0 spiro atoms. The summed E-state index contributed by atoms with van der Waals surface area (Å²) in [7, 11) is 0. The van der Waals surface area contributed by atoms with E-state index >= 15 is 0 Å². The maximum Gasteiger partial charge on any atom is 0.0484 e. The quantitative estimate of drug-likeness (QED) is 0.206. The van der Waals surface area contributed by atoms with E-state index in [1.165, 1.54) is 59.7 Å². The van der Waals surface area contributed by atoms with E-state index in [0.717, 1.165) is 23.3 Å². The summed E-state index contributed by atoms with van der Waals surface area (Å²) in [6.45, 7) is 0. The lowest BCUT2D eigenvalue weighted by molar-refractivity contribution is 1.13. The molecule has 6 aromatic rings. The van der Waals surface area contributed by atoms with Gasteiger partial charge in [-0.05, 0) is 87.0 Å². The van der Waals surface area contributed by atoms with Gasteiger partial charge >= 0.3 is 0 Å². The van der Waals surface area contributed by atoms with Crippen LogP contribution in [0.3, 0.4) is 0 Å². The van der Waals surface area contributed by atoms with Crippen LogP contribution in [0.15, 0.2) is 137 Å². The van der Waals surface area contributed by atoms with Gasteiger partial charge in [-0.3, -0.25) is 0 Å². The van der Waals surface area contributed by atoms with Gasteiger partial charge in [0.2, 0.25) is 0 Å². The first-order chi connectivity index (χ1) is 18.7. The SMILES string of the molecule is Clc1ccc(-c2ccc3c(c2)-c2ccccc2Cc2ccccc2Sc2ccccc2C3)c2ccccc12. The van der Waals surface area contributed by atoms with Gasteiger partial charge in [0.05, 0.1) is 0 Å². The van der Waals surface area contributed by atoms with Crippen molar-refractivity contribution in [2.75, 3.05) is 0 Å². The normalized spacial score (nSPS) is 12.6. The molecule has 1 aliphatic heterocycles. The number of fused-ring (bicyclic) bond motifs is 6. The van der Waals surface area contributed by atoms with Crippen molar-refractivity contribution in [2.45, 2.75) is 22.6 Å². The second-order valence-electron chi connectivity index (χ2n) is 9.84. The van der Waals surface area contributed by atoms with Crippen LogP contribution in [0.1, 0.15) is 22.3 Å². The Bertz CT molecular complexity index is 1820. The Morgan fingerprint density at radius 3 is 1.76 bits per heavy atom. The lowest BCUT2D eigenvalue weighted by Crippen LogP contribution is -1.98. The number of halogens is 1. The van der Waals surface area contributed by atoms with Crippen molar-refractivity contribution in [3.63, 3.8) is 0 Å². The Labute approximate surface area is 232 Å². The second kappa shape index (κ2) is 9.83. The fourth-order valence-corrected chi connectivity index (χ4v) is 6.93. The minimum absolute atomic E-state index is 0.790. The molecule has 6 aromatic carbocycles. The largest absolute Gasteiger partial charge is 0.0895 e. The molecule has 0 unspecified atom stereocenters. The summed E-state index contributed by atoms with van der Waals surface area (Å²) in [4.78, 5) is 2.65. The van der Waals surface area contributed by atoms with Crippen LogP contribution in [0.4, 0.5) is 0 Å². The predicted octanol–water partition coefficient (Wildman–Crippen LogP) is 10.5. The monoisotopic (exact) mass is 524 g/mol. The van der Waals surface area contributed by atoms with Crippen LogP contribution in [0.25, 0.3) is 33.0 Å². The van der Waals surface area contributed by atoms with Crippen LogP contribution in [-0.2, 0) is 12.8 Å². The average Bonchev–Trinajstić information content (AvgIpc) is 2.98. The summed E-state index contributed by atoms with van der Waals surface area (Å²) >= 11 is 8.46. The van der Waals surface area contributed by atoms with E-state index in [1.54, 1.807) is 0 Å². The Hall–Kier alpha value is -3.78. The molecule has 0 saturated carbocycles. The second-order valence-corrected chi connectivity index (χ2v) is 11.3. The molecule has 0 aliphatic carbocycles. The molecule has 1 aliphatic rings. The first-order valence-corrected chi connectivity index (χ1v) is 14.2. The van der Waals surface area contributed by atoms with E-state index in [4.69, 9.17) is 11.6 Å². The molecule has 0 radical (unpaired) electrons. The van der Waals surface area contributed by atoms with E-state index in [9.17, 15) is 0 Å². The van der Waals surface area contributed by atoms with Crippen molar-refractivity contribution in [3.05, 3.63) is 155 Å². The Kier molecular flexibility index (Phi) is 6.04. The third-order valence-electron chi connectivity index (χ3n) is 7.53. The molecule has 7 rings (SSSR count). The zero-order valence-electron chi connectivity index (χ0n) is 20.8. The van der Waals surface area contributed by atoms with Crippen LogP contribution in [0, 0.1) is 0 Å². The van der Waals surface area contributed by atoms with Crippen molar-refractivity contribution in [3.8, 4) is 22.3 Å².